The number of hydrogen-bond acceptors (Lipinski definition) is 10. The van der Waals surface area contributed by atoms with E-state index >= 15 is 0 Å². The number of rotatable bonds is 8. The molecule has 2 aliphatic heterocycles. The molecule has 4 aliphatic rings. The Hall–Kier alpha value is -3.75. The van der Waals surface area contributed by atoms with Crippen LogP contribution in [0.1, 0.15) is 90.2 Å². The van der Waals surface area contributed by atoms with Crippen LogP contribution in [0.25, 0.3) is 21.6 Å². The van der Waals surface area contributed by atoms with Gasteiger partial charge in [0.1, 0.15) is 44.9 Å². The van der Waals surface area contributed by atoms with E-state index in [0.717, 1.165) is 25.0 Å². The second-order valence-corrected chi connectivity index (χ2v) is 18.4. The number of ether oxygens (including phenoxy) is 2. The van der Waals surface area contributed by atoms with Gasteiger partial charge < -0.3 is 19.7 Å². The Bertz CT molecular complexity index is 2060. The van der Waals surface area contributed by atoms with Crippen molar-refractivity contribution in [3.63, 3.8) is 0 Å². The van der Waals surface area contributed by atoms with Gasteiger partial charge in [-0.2, -0.15) is 0 Å². The predicted molar refractivity (Wildman–Crippen MR) is 199 cm³/mol. The molecule has 2 aromatic heterocycles. The van der Waals surface area contributed by atoms with E-state index in [1.54, 1.807) is 17.9 Å². The van der Waals surface area contributed by atoms with Crippen LogP contribution in [0, 0.1) is 5.92 Å². The first-order valence-corrected chi connectivity index (χ1v) is 20.6. The van der Waals surface area contributed by atoms with Crippen LogP contribution in [0.5, 0.6) is 11.5 Å². The number of carbonyl (C=O) groups is 3. The first kappa shape index (κ1) is 36.6. The van der Waals surface area contributed by atoms with Crippen molar-refractivity contribution in [1.29, 1.82) is 0 Å². The molecule has 1 aromatic carbocycles. The number of nitrogens with one attached hydrogen (secondary N) is 2. The van der Waals surface area contributed by atoms with Gasteiger partial charge in [-0.25, -0.2) is 18.4 Å². The van der Waals surface area contributed by atoms with E-state index < -0.39 is 44.3 Å². The number of aromatic nitrogens is 2. The molecule has 3 aromatic rings. The van der Waals surface area contributed by atoms with Gasteiger partial charge in [-0.1, -0.05) is 44.0 Å². The molecule has 3 fully saturated rings. The van der Waals surface area contributed by atoms with Crippen molar-refractivity contribution in [3.05, 3.63) is 46.4 Å². The fourth-order valence-corrected chi connectivity index (χ4v) is 9.55. The number of pyridine rings is 1. The number of fused-ring (bicyclic) bond motifs is 3. The van der Waals surface area contributed by atoms with Crippen LogP contribution in [0.2, 0.25) is 5.02 Å². The Morgan fingerprint density at radius 3 is 2.65 bits per heavy atom. The van der Waals surface area contributed by atoms with Crippen molar-refractivity contribution in [3.8, 4) is 22.2 Å². The maximum atomic E-state index is 14.2. The third-order valence-electron chi connectivity index (χ3n) is 10.8. The van der Waals surface area contributed by atoms with Gasteiger partial charge in [-0.3, -0.25) is 19.1 Å². The molecule has 1 saturated heterocycles. The van der Waals surface area contributed by atoms with Gasteiger partial charge >= 0.3 is 0 Å². The molecule has 12 nitrogen and oxygen atoms in total. The highest BCUT2D eigenvalue weighted by atomic mass is 35.5. The fraction of sp³-hybridized carbons (Fsp3) is 0.541. The minimum atomic E-state index is -3.93. The second-order valence-electron chi connectivity index (χ2n) is 14.9. The summed E-state index contributed by atoms with van der Waals surface area (Å²) >= 11 is 8.25. The molecule has 2 aliphatic carbocycles. The van der Waals surface area contributed by atoms with Crippen molar-refractivity contribution in [1.82, 2.24) is 24.9 Å². The lowest BCUT2D eigenvalue weighted by atomic mass is 10.1. The van der Waals surface area contributed by atoms with E-state index in [1.165, 1.54) is 18.4 Å². The highest BCUT2D eigenvalue weighted by Crippen LogP contribution is 2.48. The summed E-state index contributed by atoms with van der Waals surface area (Å²) in [4.78, 5) is 52.8. The molecular weight excluding hydrogens is 726 g/mol. The molecule has 4 atom stereocenters. The number of amides is 3. The molecule has 0 bridgehead atoms. The minimum absolute atomic E-state index is 0.143. The van der Waals surface area contributed by atoms with Crippen molar-refractivity contribution in [2.45, 2.75) is 107 Å². The first-order chi connectivity index (χ1) is 24.7. The monoisotopic (exact) mass is 769 g/mol. The quantitative estimate of drug-likeness (QED) is 0.267. The summed E-state index contributed by atoms with van der Waals surface area (Å²) in [5, 5.41) is 6.57. The zero-order chi connectivity index (χ0) is 37.0. The van der Waals surface area contributed by atoms with Gasteiger partial charge in [0.2, 0.25) is 21.8 Å². The molecule has 4 heterocycles. The largest absolute Gasteiger partial charge is 0.495 e. The summed E-state index contributed by atoms with van der Waals surface area (Å²) in [7, 11) is -2.40. The van der Waals surface area contributed by atoms with E-state index in [-0.39, 0.29) is 43.6 Å². The van der Waals surface area contributed by atoms with Crippen molar-refractivity contribution in [2.75, 3.05) is 13.7 Å². The number of halogens is 1. The van der Waals surface area contributed by atoms with E-state index in [4.69, 9.17) is 31.0 Å². The smallest absolute Gasteiger partial charge is 0.259 e. The van der Waals surface area contributed by atoms with Crippen LogP contribution in [0.15, 0.2) is 35.7 Å². The lowest BCUT2D eigenvalue weighted by Crippen LogP contribution is -2.57. The Labute approximate surface area is 312 Å². The third kappa shape index (κ3) is 6.89. The van der Waals surface area contributed by atoms with Crippen LogP contribution < -0.4 is 19.5 Å². The molecule has 7 rings (SSSR count). The predicted octanol–water partition coefficient (Wildman–Crippen LogP) is 5.89. The van der Waals surface area contributed by atoms with Crippen LogP contribution >= 0.6 is 22.9 Å². The molecule has 2 saturated carbocycles. The van der Waals surface area contributed by atoms with Crippen LogP contribution in [0.4, 0.5) is 0 Å². The highest BCUT2D eigenvalue weighted by Gasteiger charge is 2.63. The van der Waals surface area contributed by atoms with E-state index in [9.17, 15) is 22.8 Å². The number of carbonyl (C=O) groups excluding carboxylic acids is 3. The summed E-state index contributed by atoms with van der Waals surface area (Å²) in [6.07, 6.45) is 8.05. The van der Waals surface area contributed by atoms with Gasteiger partial charge in [0, 0.05) is 35.6 Å². The van der Waals surface area contributed by atoms with Crippen molar-refractivity contribution in [2.24, 2.45) is 5.92 Å². The molecule has 2 N–H and O–H groups in total. The Kier molecular flexibility index (Phi) is 9.79. The second kappa shape index (κ2) is 13.9. The normalized spacial score (nSPS) is 26.6. The van der Waals surface area contributed by atoms with Crippen molar-refractivity contribution >= 4 is 61.6 Å². The Morgan fingerprint density at radius 1 is 1.15 bits per heavy atom. The van der Waals surface area contributed by atoms with E-state index in [0.29, 0.717) is 57.4 Å². The third-order valence-corrected chi connectivity index (χ3v) is 14.2. The molecule has 0 radical (unpaired) electrons. The molecule has 278 valence electrons. The molecule has 4 unspecified atom stereocenters. The minimum Gasteiger partial charge on any atom is -0.495 e. The van der Waals surface area contributed by atoms with Gasteiger partial charge in [-0.05, 0) is 63.5 Å². The molecular formula is C37H44ClN5O7S2. The topological polar surface area (TPSA) is 157 Å². The summed E-state index contributed by atoms with van der Waals surface area (Å²) in [5.74, 6) is -0.658. The summed E-state index contributed by atoms with van der Waals surface area (Å²) in [6.45, 7) is 5.89. The number of allylic oxidation sites excluding steroid dienone is 1. The van der Waals surface area contributed by atoms with Crippen LogP contribution in [-0.4, -0.2) is 77.1 Å². The van der Waals surface area contributed by atoms with E-state index in [1.807, 2.05) is 29.7 Å². The fourth-order valence-electron chi connectivity index (χ4n) is 7.01. The SMILES string of the molecule is COc1ccc2c(OC3CC4C(=O)NC5(C(=O)NS(=O)(=O)C6(C)CC6)CC5/C=C\CCCCCC(=O)N4C3)cc(-c3nc(C(C)C)cs3)nc2c1Cl. The van der Waals surface area contributed by atoms with Crippen LogP contribution in [-0.2, 0) is 24.4 Å². The zero-order valence-corrected chi connectivity index (χ0v) is 32.1. The average Bonchev–Trinajstić information content (AvgIpc) is 3.87. The molecule has 52 heavy (non-hydrogen) atoms. The Balaban J connectivity index is 1.19. The van der Waals surface area contributed by atoms with Gasteiger partial charge in [0.05, 0.1) is 29.6 Å². The van der Waals surface area contributed by atoms with E-state index in [2.05, 4.69) is 23.9 Å². The number of methoxy groups -OCH3 is 1. The van der Waals surface area contributed by atoms with Crippen molar-refractivity contribution < 1.29 is 32.3 Å². The number of nitrogens with zero attached hydrogens (tertiary/aromatic N) is 3. The van der Waals surface area contributed by atoms with Gasteiger partial charge in [0.15, 0.2) is 0 Å². The van der Waals surface area contributed by atoms with Gasteiger partial charge in [-0.15, -0.1) is 11.3 Å². The highest BCUT2D eigenvalue weighted by molar-refractivity contribution is 7.91. The molecule has 15 heteroatoms. The number of benzene rings is 1. The standard InChI is InChI=1S/C37H44ClN5O7S2/c1-21(2)26-20-51-34(40-26)25-17-29(24-12-13-28(49-4)31(38)32(24)39-25)50-23-16-27-33(45)41-37(35(46)42-52(47,48)36(3)14-15-36)18-22(37)10-8-6-5-7-9-11-30(44)43(27)19-23/h8,10,12-13,17,20-23,27H,5-7,9,11,14-16,18-19H2,1-4H3,(H,41,45)(H,42,46)/b10-8-. The van der Waals surface area contributed by atoms with Crippen LogP contribution in [0.3, 0.4) is 0 Å². The summed E-state index contributed by atoms with van der Waals surface area (Å²) in [5.41, 5.74) is 0.542. The summed E-state index contributed by atoms with van der Waals surface area (Å²) < 4.78 is 39.5. The molecule has 3 amide bonds. The maximum Gasteiger partial charge on any atom is 0.259 e. The van der Waals surface area contributed by atoms with Gasteiger partial charge in [0.25, 0.3) is 5.91 Å². The number of sulfonamides is 1. The first-order valence-electron chi connectivity index (χ1n) is 17.9. The zero-order valence-electron chi connectivity index (χ0n) is 29.7. The Morgan fingerprint density at radius 2 is 1.94 bits per heavy atom. The summed E-state index contributed by atoms with van der Waals surface area (Å²) in [6, 6.07) is 4.43. The maximum absolute atomic E-state index is 14.2. The average molecular weight is 770 g/mol. The number of thiazole rings is 1. The number of hydrogen-bond donors (Lipinski definition) is 2. The molecule has 0 spiro atoms. The lowest BCUT2D eigenvalue weighted by molar-refractivity contribution is -0.139. The lowest BCUT2D eigenvalue weighted by Gasteiger charge is -2.27.